The highest BCUT2D eigenvalue weighted by molar-refractivity contribution is 7.92. The molecule has 0 aliphatic rings. The van der Waals surface area contributed by atoms with Gasteiger partial charge in [0.15, 0.2) is 17.5 Å². The van der Waals surface area contributed by atoms with Crippen LogP contribution in [0.15, 0.2) is 48.8 Å². The number of nitrogens with one attached hydrogen (secondary N) is 3. The van der Waals surface area contributed by atoms with Crippen LogP contribution in [0.5, 0.6) is 0 Å². The maximum Gasteiger partial charge on any atom is 0.261 e. The molecule has 2 aromatic heterocycles. The number of fused-ring (bicyclic) bond motifs is 1. The fourth-order valence-electron chi connectivity index (χ4n) is 3.49. The molecule has 2 aromatic carbocycles. The van der Waals surface area contributed by atoms with Crippen LogP contribution in [0, 0.1) is 23.3 Å². The van der Waals surface area contributed by atoms with E-state index in [0.717, 1.165) is 24.3 Å². The van der Waals surface area contributed by atoms with Gasteiger partial charge in [0.2, 0.25) is 10.0 Å². The second kappa shape index (κ2) is 9.37. The third-order valence-electron chi connectivity index (χ3n) is 5.08. The van der Waals surface area contributed by atoms with Crippen LogP contribution in [0.25, 0.3) is 22.2 Å². The summed E-state index contributed by atoms with van der Waals surface area (Å²) in [7, 11) is -3.88. The van der Waals surface area contributed by atoms with E-state index in [0.29, 0.717) is 22.2 Å². The number of sulfonamides is 1. The van der Waals surface area contributed by atoms with E-state index in [1.165, 1.54) is 24.5 Å². The predicted molar refractivity (Wildman–Crippen MR) is 123 cm³/mol. The number of pyridine rings is 1. The molecule has 0 atom stereocenters. The summed E-state index contributed by atoms with van der Waals surface area (Å²) in [4.78, 5) is 19.7. The first-order chi connectivity index (χ1) is 16.6. The molecule has 0 saturated heterocycles. The molecule has 0 aliphatic heterocycles. The van der Waals surface area contributed by atoms with Gasteiger partial charge in [0.25, 0.3) is 5.91 Å². The minimum Gasteiger partial charge on any atom is -0.346 e. The van der Waals surface area contributed by atoms with Gasteiger partial charge in [-0.1, -0.05) is 13.0 Å². The fraction of sp³-hybridized carbons (Fsp3) is 0.130. The van der Waals surface area contributed by atoms with Crippen molar-refractivity contribution >= 4 is 38.3 Å². The second-order valence-corrected chi connectivity index (χ2v) is 9.45. The van der Waals surface area contributed by atoms with Crippen LogP contribution >= 0.6 is 0 Å². The molecule has 0 radical (unpaired) electrons. The summed E-state index contributed by atoms with van der Waals surface area (Å²) in [5.74, 6) is -6.09. The zero-order valence-corrected chi connectivity index (χ0v) is 18.9. The van der Waals surface area contributed by atoms with E-state index in [9.17, 15) is 30.8 Å². The molecule has 0 fully saturated rings. The maximum absolute atomic E-state index is 14.9. The molecule has 0 saturated carbocycles. The number of carbonyl (C=O) groups excluding carboxylic acids is 1. The number of hydrogen-bond acceptors (Lipinski definition) is 4. The third kappa shape index (κ3) is 4.97. The number of hydrogen-bond donors (Lipinski definition) is 3. The van der Waals surface area contributed by atoms with E-state index < -0.39 is 50.5 Å². The van der Waals surface area contributed by atoms with Gasteiger partial charge in [-0.05, 0) is 42.3 Å². The lowest BCUT2D eigenvalue weighted by molar-refractivity contribution is 0.101. The molecule has 182 valence electrons. The number of amides is 1. The zero-order chi connectivity index (χ0) is 25.3. The number of aromatic amines is 1. The van der Waals surface area contributed by atoms with Crippen molar-refractivity contribution in [3.63, 3.8) is 0 Å². The van der Waals surface area contributed by atoms with Gasteiger partial charge in [-0.2, -0.15) is 0 Å². The Balaban J connectivity index is 1.66. The standard InChI is InChI=1S/C23H18F4N4O3S/c1-2-7-35(33,34)31-19-6-5-17(25)20(21(19)27)23(32)30-13-9-14-15(11-29-22(14)28-10-13)12-3-4-16(24)18(26)8-12/h3-6,8-11,31H,2,7H2,1H3,(H,28,29)(H,30,32). The number of H-pyrrole nitrogens is 1. The van der Waals surface area contributed by atoms with Crippen LogP contribution in [-0.2, 0) is 10.0 Å². The van der Waals surface area contributed by atoms with Crippen molar-refractivity contribution in [2.75, 3.05) is 15.8 Å². The Morgan fingerprint density at radius 2 is 1.77 bits per heavy atom. The third-order valence-corrected chi connectivity index (χ3v) is 6.55. The number of halogens is 4. The number of benzene rings is 2. The van der Waals surface area contributed by atoms with Crippen LogP contribution in [-0.4, -0.2) is 30.0 Å². The minimum absolute atomic E-state index is 0.0571. The number of nitrogens with zero attached hydrogens (tertiary/aromatic N) is 1. The number of rotatable bonds is 7. The molecule has 35 heavy (non-hydrogen) atoms. The second-order valence-electron chi connectivity index (χ2n) is 7.61. The molecule has 0 bridgehead atoms. The van der Waals surface area contributed by atoms with Gasteiger partial charge in [0, 0.05) is 17.1 Å². The quantitative estimate of drug-likeness (QED) is 0.300. The van der Waals surface area contributed by atoms with Gasteiger partial charge in [0.05, 0.1) is 23.3 Å². The Bertz CT molecular complexity index is 1550. The summed E-state index contributed by atoms with van der Waals surface area (Å²) >= 11 is 0. The topological polar surface area (TPSA) is 104 Å². The lowest BCUT2D eigenvalue weighted by atomic mass is 10.1. The van der Waals surface area contributed by atoms with E-state index in [1.54, 1.807) is 6.92 Å². The molecule has 0 unspecified atom stereocenters. The van der Waals surface area contributed by atoms with Crippen molar-refractivity contribution < 1.29 is 30.8 Å². The molecule has 3 N–H and O–H groups in total. The first-order valence-electron chi connectivity index (χ1n) is 10.3. The minimum atomic E-state index is -3.88. The first-order valence-corrected chi connectivity index (χ1v) is 12.0. The van der Waals surface area contributed by atoms with Gasteiger partial charge in [-0.15, -0.1) is 0 Å². The van der Waals surface area contributed by atoms with E-state index in [2.05, 4.69) is 15.3 Å². The summed E-state index contributed by atoms with van der Waals surface area (Å²) in [6.07, 6.45) is 3.02. The van der Waals surface area contributed by atoms with Gasteiger partial charge >= 0.3 is 0 Å². The Hall–Kier alpha value is -3.93. The van der Waals surface area contributed by atoms with Crippen molar-refractivity contribution in [2.24, 2.45) is 0 Å². The molecular weight excluding hydrogens is 488 g/mol. The Labute approximate surface area is 197 Å². The highest BCUT2D eigenvalue weighted by atomic mass is 32.2. The lowest BCUT2D eigenvalue weighted by Gasteiger charge is -2.12. The van der Waals surface area contributed by atoms with Crippen LogP contribution in [0.4, 0.5) is 28.9 Å². The number of carbonyl (C=O) groups is 1. The molecule has 0 spiro atoms. The van der Waals surface area contributed by atoms with E-state index in [1.807, 2.05) is 4.72 Å². The van der Waals surface area contributed by atoms with E-state index >= 15 is 0 Å². The van der Waals surface area contributed by atoms with Crippen LogP contribution in [0.3, 0.4) is 0 Å². The average Bonchev–Trinajstić information content (AvgIpc) is 3.21. The SMILES string of the molecule is CCCS(=O)(=O)Nc1ccc(F)c(C(=O)Nc2cnc3[nH]cc(-c4ccc(F)c(F)c4)c3c2)c1F. The van der Waals surface area contributed by atoms with Gasteiger partial charge < -0.3 is 10.3 Å². The summed E-state index contributed by atoms with van der Waals surface area (Å²) in [6.45, 7) is 1.62. The van der Waals surface area contributed by atoms with Gasteiger partial charge in [-0.25, -0.2) is 31.0 Å². The summed E-state index contributed by atoms with van der Waals surface area (Å²) in [5, 5.41) is 2.76. The van der Waals surface area contributed by atoms with Crippen LogP contribution in [0.1, 0.15) is 23.7 Å². The first kappa shape index (κ1) is 24.2. The highest BCUT2D eigenvalue weighted by Gasteiger charge is 2.23. The van der Waals surface area contributed by atoms with Crippen molar-refractivity contribution in [3.05, 3.63) is 77.6 Å². The Kier molecular flexibility index (Phi) is 6.48. The zero-order valence-electron chi connectivity index (χ0n) is 18.1. The van der Waals surface area contributed by atoms with Crippen molar-refractivity contribution in [1.82, 2.24) is 9.97 Å². The van der Waals surface area contributed by atoms with Crippen molar-refractivity contribution in [1.29, 1.82) is 0 Å². The average molecular weight is 506 g/mol. The Morgan fingerprint density at radius 1 is 1.03 bits per heavy atom. The predicted octanol–water partition coefficient (Wildman–Crippen LogP) is 5.19. The molecule has 12 heteroatoms. The summed E-state index contributed by atoms with van der Waals surface area (Å²) in [6, 6.07) is 6.43. The molecular formula is C23H18F4N4O3S. The normalized spacial score (nSPS) is 11.6. The molecule has 1 amide bonds. The summed E-state index contributed by atoms with van der Waals surface area (Å²) < 4.78 is 82.2. The Morgan fingerprint density at radius 3 is 2.49 bits per heavy atom. The monoisotopic (exact) mass is 506 g/mol. The maximum atomic E-state index is 14.9. The van der Waals surface area contributed by atoms with Crippen LogP contribution in [0.2, 0.25) is 0 Å². The number of anilines is 2. The fourth-order valence-corrected chi connectivity index (χ4v) is 4.63. The van der Waals surface area contributed by atoms with Gasteiger partial charge in [-0.3, -0.25) is 9.52 Å². The molecule has 7 nitrogen and oxygen atoms in total. The van der Waals surface area contributed by atoms with Crippen molar-refractivity contribution in [2.45, 2.75) is 13.3 Å². The molecule has 2 heterocycles. The van der Waals surface area contributed by atoms with Crippen molar-refractivity contribution in [3.8, 4) is 11.1 Å². The molecule has 4 aromatic rings. The van der Waals surface area contributed by atoms with E-state index in [-0.39, 0.29) is 17.9 Å². The largest absolute Gasteiger partial charge is 0.346 e. The van der Waals surface area contributed by atoms with Gasteiger partial charge in [0.1, 0.15) is 17.0 Å². The number of aromatic nitrogens is 2. The smallest absolute Gasteiger partial charge is 0.261 e. The van der Waals surface area contributed by atoms with Crippen LogP contribution < -0.4 is 10.0 Å². The van der Waals surface area contributed by atoms with E-state index in [4.69, 9.17) is 0 Å². The summed E-state index contributed by atoms with van der Waals surface area (Å²) in [5.41, 5.74) is -0.340. The molecule has 4 rings (SSSR count). The lowest BCUT2D eigenvalue weighted by Crippen LogP contribution is -2.20. The molecule has 0 aliphatic carbocycles. The highest BCUT2D eigenvalue weighted by Crippen LogP contribution is 2.31.